The fourth-order valence-corrected chi connectivity index (χ4v) is 3.06. The van der Waals surface area contributed by atoms with Gasteiger partial charge in [-0.15, -0.1) is 0 Å². The lowest BCUT2D eigenvalue weighted by molar-refractivity contribution is -0.384. The minimum Gasteiger partial charge on any atom is -0.258 e. The van der Waals surface area contributed by atoms with Gasteiger partial charge in [-0.05, 0) is 19.1 Å². The molecule has 1 heterocycles. The van der Waals surface area contributed by atoms with Crippen molar-refractivity contribution in [1.82, 2.24) is 4.31 Å². The van der Waals surface area contributed by atoms with E-state index in [9.17, 15) is 18.5 Å². The van der Waals surface area contributed by atoms with E-state index in [1.165, 1.54) is 28.6 Å². The van der Waals surface area contributed by atoms with E-state index >= 15 is 0 Å². The first-order valence-corrected chi connectivity index (χ1v) is 6.13. The van der Waals surface area contributed by atoms with Crippen molar-refractivity contribution in [2.24, 2.45) is 0 Å². The summed E-state index contributed by atoms with van der Waals surface area (Å²) < 4.78 is 25.0. The first-order chi connectivity index (χ1) is 7.43. The Morgan fingerprint density at radius 1 is 1.38 bits per heavy atom. The second-order valence-electron chi connectivity index (χ2n) is 3.67. The summed E-state index contributed by atoms with van der Waals surface area (Å²) in [5.41, 5.74) is -0.113. The Balaban J connectivity index is 2.32. The summed E-state index contributed by atoms with van der Waals surface area (Å²) in [6, 6.07) is 4.94. The van der Waals surface area contributed by atoms with Gasteiger partial charge in [-0.1, -0.05) is 0 Å². The van der Waals surface area contributed by atoms with Crippen LogP contribution in [0.3, 0.4) is 0 Å². The van der Waals surface area contributed by atoms with Crippen LogP contribution in [0.5, 0.6) is 0 Å². The summed E-state index contributed by atoms with van der Waals surface area (Å²) in [5, 5.41) is 10.4. The molecule has 0 saturated carbocycles. The molecule has 1 saturated heterocycles. The van der Waals surface area contributed by atoms with Crippen LogP contribution >= 0.6 is 0 Å². The monoisotopic (exact) mass is 242 g/mol. The van der Waals surface area contributed by atoms with Gasteiger partial charge in [0.1, 0.15) is 0 Å². The first kappa shape index (κ1) is 11.0. The van der Waals surface area contributed by atoms with Crippen LogP contribution in [0.15, 0.2) is 29.2 Å². The molecular formula is C9H10N2O4S. The molecule has 16 heavy (non-hydrogen) atoms. The predicted molar refractivity (Wildman–Crippen MR) is 56.5 cm³/mol. The molecule has 86 valence electrons. The smallest absolute Gasteiger partial charge is 0.258 e. The second-order valence-corrected chi connectivity index (χ2v) is 5.57. The first-order valence-electron chi connectivity index (χ1n) is 4.69. The molecule has 0 aromatic heterocycles. The average molecular weight is 242 g/mol. The lowest BCUT2D eigenvalue weighted by atomic mass is 10.3. The minimum absolute atomic E-state index is 0.0280. The van der Waals surface area contributed by atoms with Crippen LogP contribution in [-0.4, -0.2) is 30.2 Å². The number of nitrogens with zero attached hydrogens (tertiary/aromatic N) is 2. The highest BCUT2D eigenvalue weighted by Crippen LogP contribution is 2.28. The van der Waals surface area contributed by atoms with Gasteiger partial charge in [-0.3, -0.25) is 10.1 Å². The van der Waals surface area contributed by atoms with E-state index in [-0.39, 0.29) is 16.6 Å². The molecule has 0 spiro atoms. The largest absolute Gasteiger partial charge is 0.269 e. The molecule has 0 aliphatic carbocycles. The molecule has 0 N–H and O–H groups in total. The number of nitro groups is 1. The Kier molecular flexibility index (Phi) is 2.43. The molecule has 1 aromatic carbocycles. The van der Waals surface area contributed by atoms with E-state index < -0.39 is 14.9 Å². The van der Waals surface area contributed by atoms with Gasteiger partial charge < -0.3 is 0 Å². The van der Waals surface area contributed by atoms with Gasteiger partial charge in [0.05, 0.1) is 9.82 Å². The number of rotatable bonds is 3. The number of hydrogen-bond acceptors (Lipinski definition) is 4. The number of hydrogen-bond donors (Lipinski definition) is 0. The van der Waals surface area contributed by atoms with Crippen LogP contribution in [0.2, 0.25) is 0 Å². The van der Waals surface area contributed by atoms with Crippen LogP contribution in [-0.2, 0) is 10.0 Å². The molecule has 6 nitrogen and oxygen atoms in total. The van der Waals surface area contributed by atoms with Crippen molar-refractivity contribution in [3.8, 4) is 0 Å². The molecule has 0 amide bonds. The maximum Gasteiger partial charge on any atom is 0.269 e. The normalized spacial score (nSPS) is 24.1. The zero-order valence-corrected chi connectivity index (χ0v) is 9.35. The fraction of sp³-hybridized carbons (Fsp3) is 0.333. The van der Waals surface area contributed by atoms with Gasteiger partial charge in [-0.25, -0.2) is 8.42 Å². The molecule has 1 aliphatic rings. The summed E-state index contributed by atoms with van der Waals surface area (Å²) in [6.45, 7) is 2.32. The van der Waals surface area contributed by atoms with E-state index in [1.807, 2.05) is 6.92 Å². The Morgan fingerprint density at radius 3 is 2.25 bits per heavy atom. The fourth-order valence-electron chi connectivity index (χ4n) is 1.42. The van der Waals surface area contributed by atoms with Crippen molar-refractivity contribution < 1.29 is 13.3 Å². The quantitative estimate of drug-likeness (QED) is 0.449. The van der Waals surface area contributed by atoms with Gasteiger partial charge in [-0.2, -0.15) is 4.31 Å². The lowest BCUT2D eigenvalue weighted by Gasteiger charge is -2.04. The maximum atomic E-state index is 11.8. The van der Waals surface area contributed by atoms with Crippen LogP contribution < -0.4 is 0 Å². The summed E-state index contributed by atoms with van der Waals surface area (Å²) in [6.07, 6.45) is 0. The van der Waals surface area contributed by atoms with E-state index in [0.717, 1.165) is 0 Å². The van der Waals surface area contributed by atoms with Crippen LogP contribution in [0.4, 0.5) is 5.69 Å². The summed E-state index contributed by atoms with van der Waals surface area (Å²) in [4.78, 5) is 9.95. The third-order valence-corrected chi connectivity index (χ3v) is 4.45. The SMILES string of the molecule is C[C@H]1CN1S(=O)(=O)c1ccc([N+](=O)[O-])cc1. The molecular weight excluding hydrogens is 232 g/mol. The van der Waals surface area contributed by atoms with E-state index in [4.69, 9.17) is 0 Å². The van der Waals surface area contributed by atoms with Crippen molar-refractivity contribution in [1.29, 1.82) is 0 Å². The number of benzene rings is 1. The van der Waals surface area contributed by atoms with Crippen LogP contribution in [0.25, 0.3) is 0 Å². The van der Waals surface area contributed by atoms with Gasteiger partial charge >= 0.3 is 0 Å². The number of nitro benzene ring substituents is 1. The highest BCUT2D eigenvalue weighted by Gasteiger charge is 2.41. The Morgan fingerprint density at radius 2 is 1.88 bits per heavy atom. The summed E-state index contributed by atoms with van der Waals surface area (Å²) >= 11 is 0. The highest BCUT2D eigenvalue weighted by molar-refractivity contribution is 7.89. The average Bonchev–Trinajstić information content (AvgIpc) is 2.96. The zero-order valence-electron chi connectivity index (χ0n) is 8.53. The Labute approximate surface area is 92.7 Å². The topological polar surface area (TPSA) is 80.3 Å². The third kappa shape index (κ3) is 1.79. The van der Waals surface area contributed by atoms with Crippen LogP contribution in [0.1, 0.15) is 6.92 Å². The molecule has 0 radical (unpaired) electrons. The van der Waals surface area contributed by atoms with Crippen molar-refractivity contribution in [3.63, 3.8) is 0 Å². The Hall–Kier alpha value is -1.47. The zero-order chi connectivity index (χ0) is 11.9. The van der Waals surface area contributed by atoms with Gasteiger partial charge in [0, 0.05) is 24.7 Å². The van der Waals surface area contributed by atoms with Gasteiger partial charge in [0.25, 0.3) is 5.69 Å². The molecule has 1 aromatic rings. The van der Waals surface area contributed by atoms with Crippen molar-refractivity contribution in [2.45, 2.75) is 17.9 Å². The number of sulfonamides is 1. The van der Waals surface area contributed by atoms with E-state index in [1.54, 1.807) is 0 Å². The van der Waals surface area contributed by atoms with Crippen LogP contribution in [0, 0.1) is 10.1 Å². The van der Waals surface area contributed by atoms with Crippen molar-refractivity contribution >= 4 is 15.7 Å². The molecule has 1 aliphatic heterocycles. The van der Waals surface area contributed by atoms with Gasteiger partial charge in [0.2, 0.25) is 10.0 Å². The second kappa shape index (κ2) is 3.53. The van der Waals surface area contributed by atoms with Crippen molar-refractivity contribution in [3.05, 3.63) is 34.4 Å². The summed E-state index contributed by atoms with van der Waals surface area (Å²) in [7, 11) is -3.45. The molecule has 0 bridgehead atoms. The maximum absolute atomic E-state index is 11.8. The summed E-state index contributed by atoms with van der Waals surface area (Å²) in [5.74, 6) is 0. The lowest BCUT2D eigenvalue weighted by Crippen LogP contribution is -2.13. The van der Waals surface area contributed by atoms with Crippen molar-refractivity contribution in [2.75, 3.05) is 6.54 Å². The van der Waals surface area contributed by atoms with E-state index in [0.29, 0.717) is 6.54 Å². The standard InChI is InChI=1S/C9H10N2O4S/c1-7-6-10(7)16(14,15)9-4-2-8(3-5-9)11(12)13/h2-5,7H,6H2,1H3/t7-,10?/m0/s1. The number of non-ortho nitro benzene ring substituents is 1. The molecule has 2 rings (SSSR count). The molecule has 2 atom stereocenters. The minimum atomic E-state index is -3.45. The molecule has 1 fully saturated rings. The third-order valence-electron chi connectivity index (χ3n) is 2.46. The van der Waals surface area contributed by atoms with E-state index in [2.05, 4.69) is 0 Å². The molecule has 1 unspecified atom stereocenters. The Bertz CT molecular complexity index is 523. The predicted octanol–water partition coefficient (Wildman–Crippen LogP) is 0.988. The molecule has 7 heteroatoms. The highest BCUT2D eigenvalue weighted by atomic mass is 32.2. The van der Waals surface area contributed by atoms with Gasteiger partial charge in [0.15, 0.2) is 0 Å².